The summed E-state index contributed by atoms with van der Waals surface area (Å²) in [5.41, 5.74) is 6.99. The zero-order valence-corrected chi connectivity index (χ0v) is 13.6. The Bertz CT molecular complexity index is 459. The number of methoxy groups -OCH3 is 1. The Hall–Kier alpha value is -1.55. The third-order valence-corrected chi connectivity index (χ3v) is 4.49. The van der Waals surface area contributed by atoms with Crippen molar-refractivity contribution >= 4 is 5.91 Å². The van der Waals surface area contributed by atoms with E-state index in [1.807, 2.05) is 17.0 Å². The predicted molar refractivity (Wildman–Crippen MR) is 88.9 cm³/mol. The lowest BCUT2D eigenvalue weighted by molar-refractivity contribution is -0.130. The van der Waals surface area contributed by atoms with Crippen LogP contribution < -0.4 is 10.5 Å². The second-order valence-corrected chi connectivity index (χ2v) is 6.14. The Morgan fingerprint density at radius 1 is 1.27 bits per heavy atom. The van der Waals surface area contributed by atoms with Crippen LogP contribution in [-0.4, -0.2) is 37.6 Å². The first-order valence-corrected chi connectivity index (χ1v) is 8.33. The molecule has 0 radical (unpaired) electrons. The molecule has 0 bridgehead atoms. The van der Waals surface area contributed by atoms with Gasteiger partial charge in [-0.2, -0.15) is 0 Å². The molecular weight excluding hydrogens is 276 g/mol. The van der Waals surface area contributed by atoms with Crippen molar-refractivity contribution in [2.24, 2.45) is 11.7 Å². The number of carbonyl (C=O) groups is 1. The fourth-order valence-corrected chi connectivity index (χ4v) is 2.98. The normalized spacial score (nSPS) is 17.7. The first-order chi connectivity index (χ1) is 10.7. The second-order valence-electron chi connectivity index (χ2n) is 6.14. The molecule has 0 aromatic heterocycles. The number of nitrogens with two attached hydrogens (primary N) is 1. The average Bonchev–Trinajstić information content (AvgIpc) is 3.04. The van der Waals surface area contributed by atoms with Gasteiger partial charge in [0.1, 0.15) is 5.75 Å². The average molecular weight is 304 g/mol. The van der Waals surface area contributed by atoms with Gasteiger partial charge in [-0.3, -0.25) is 4.79 Å². The topological polar surface area (TPSA) is 55.6 Å². The number of rotatable bonds is 8. The van der Waals surface area contributed by atoms with Gasteiger partial charge in [0.25, 0.3) is 0 Å². The Balaban J connectivity index is 1.58. The van der Waals surface area contributed by atoms with E-state index in [9.17, 15) is 4.79 Å². The number of benzene rings is 1. The molecule has 22 heavy (non-hydrogen) atoms. The maximum atomic E-state index is 12.1. The van der Waals surface area contributed by atoms with Gasteiger partial charge >= 0.3 is 0 Å². The third-order valence-electron chi connectivity index (χ3n) is 4.49. The van der Waals surface area contributed by atoms with E-state index >= 15 is 0 Å². The van der Waals surface area contributed by atoms with Crippen molar-refractivity contribution in [2.45, 2.75) is 38.5 Å². The number of nitrogens with zero attached hydrogens (tertiary/aromatic N) is 1. The van der Waals surface area contributed by atoms with Crippen molar-refractivity contribution in [2.75, 3.05) is 26.7 Å². The van der Waals surface area contributed by atoms with E-state index in [2.05, 4.69) is 12.1 Å². The van der Waals surface area contributed by atoms with Crippen LogP contribution in [0.15, 0.2) is 24.3 Å². The number of hydrogen-bond donors (Lipinski definition) is 1. The van der Waals surface area contributed by atoms with Crippen LogP contribution in [0.1, 0.15) is 37.7 Å². The van der Waals surface area contributed by atoms with E-state index in [0.717, 1.165) is 50.9 Å². The van der Waals surface area contributed by atoms with Crippen LogP contribution in [0.4, 0.5) is 0 Å². The lowest BCUT2D eigenvalue weighted by atomic mass is 10.1. The van der Waals surface area contributed by atoms with Crippen LogP contribution in [0.5, 0.6) is 5.75 Å². The van der Waals surface area contributed by atoms with E-state index < -0.39 is 0 Å². The largest absolute Gasteiger partial charge is 0.497 e. The number of amides is 1. The van der Waals surface area contributed by atoms with Crippen molar-refractivity contribution in [1.82, 2.24) is 4.90 Å². The minimum Gasteiger partial charge on any atom is -0.497 e. The van der Waals surface area contributed by atoms with Crippen LogP contribution in [-0.2, 0) is 11.2 Å². The number of ether oxygens (including phenoxy) is 1. The zero-order chi connectivity index (χ0) is 15.8. The van der Waals surface area contributed by atoms with E-state index in [1.54, 1.807) is 7.11 Å². The van der Waals surface area contributed by atoms with Crippen molar-refractivity contribution in [3.8, 4) is 5.75 Å². The molecule has 1 atom stereocenters. The van der Waals surface area contributed by atoms with Crippen molar-refractivity contribution < 1.29 is 9.53 Å². The number of carbonyl (C=O) groups excluding carboxylic acids is 1. The molecule has 1 unspecified atom stereocenters. The maximum absolute atomic E-state index is 12.1. The molecule has 1 saturated heterocycles. The molecule has 0 spiro atoms. The van der Waals surface area contributed by atoms with Crippen molar-refractivity contribution in [3.63, 3.8) is 0 Å². The number of likely N-dealkylation sites (tertiary alicyclic amines) is 1. The first kappa shape index (κ1) is 16.8. The highest BCUT2D eigenvalue weighted by Crippen LogP contribution is 2.17. The molecule has 122 valence electrons. The Morgan fingerprint density at radius 3 is 2.68 bits per heavy atom. The van der Waals surface area contributed by atoms with Crippen LogP contribution in [0.2, 0.25) is 0 Å². The Kier molecular flexibility index (Phi) is 6.72. The summed E-state index contributed by atoms with van der Waals surface area (Å²) in [5.74, 6) is 1.72. The van der Waals surface area contributed by atoms with Crippen molar-refractivity contribution in [1.29, 1.82) is 0 Å². The molecule has 1 amide bonds. The quantitative estimate of drug-likeness (QED) is 0.751. The zero-order valence-electron chi connectivity index (χ0n) is 13.6. The summed E-state index contributed by atoms with van der Waals surface area (Å²) in [7, 11) is 1.68. The molecule has 1 aromatic carbocycles. The Morgan fingerprint density at radius 2 is 2.05 bits per heavy atom. The van der Waals surface area contributed by atoms with Gasteiger partial charge in [0.05, 0.1) is 7.11 Å². The van der Waals surface area contributed by atoms with E-state index in [4.69, 9.17) is 10.5 Å². The van der Waals surface area contributed by atoms with Crippen LogP contribution in [0, 0.1) is 5.92 Å². The minimum absolute atomic E-state index is 0.306. The third kappa shape index (κ3) is 5.02. The summed E-state index contributed by atoms with van der Waals surface area (Å²) in [4.78, 5) is 14.1. The van der Waals surface area contributed by atoms with Crippen LogP contribution >= 0.6 is 0 Å². The summed E-state index contributed by atoms with van der Waals surface area (Å²) in [5, 5.41) is 0. The number of hydrogen-bond acceptors (Lipinski definition) is 3. The summed E-state index contributed by atoms with van der Waals surface area (Å²) in [6.45, 7) is 2.46. The molecule has 1 aliphatic rings. The van der Waals surface area contributed by atoms with Gasteiger partial charge < -0.3 is 15.4 Å². The molecular formula is C18H28N2O2. The molecule has 1 aliphatic heterocycles. The van der Waals surface area contributed by atoms with Gasteiger partial charge in [-0.25, -0.2) is 0 Å². The molecule has 4 heteroatoms. The second kappa shape index (κ2) is 8.79. The first-order valence-electron chi connectivity index (χ1n) is 8.33. The summed E-state index contributed by atoms with van der Waals surface area (Å²) < 4.78 is 5.15. The molecule has 0 saturated carbocycles. The van der Waals surface area contributed by atoms with Gasteiger partial charge in [0.2, 0.25) is 5.91 Å². The lowest BCUT2D eigenvalue weighted by Gasteiger charge is -2.16. The summed E-state index contributed by atoms with van der Waals surface area (Å²) in [6, 6.07) is 8.22. The lowest BCUT2D eigenvalue weighted by Crippen LogP contribution is -2.29. The highest BCUT2D eigenvalue weighted by molar-refractivity contribution is 5.76. The van der Waals surface area contributed by atoms with Crippen molar-refractivity contribution in [3.05, 3.63) is 29.8 Å². The summed E-state index contributed by atoms with van der Waals surface area (Å²) in [6.07, 6.45) is 6.03. The molecule has 2 N–H and O–H groups in total. The predicted octanol–water partition coefficient (Wildman–Crippen LogP) is 2.61. The van der Waals surface area contributed by atoms with Crippen LogP contribution in [0.3, 0.4) is 0 Å². The smallest absolute Gasteiger partial charge is 0.222 e. The number of aryl methyl sites for hydroxylation is 1. The van der Waals surface area contributed by atoms with Gasteiger partial charge in [-0.15, -0.1) is 0 Å². The molecule has 1 fully saturated rings. The Labute approximate surface area is 133 Å². The monoisotopic (exact) mass is 304 g/mol. The van der Waals surface area contributed by atoms with Gasteiger partial charge in [-0.05, 0) is 55.8 Å². The maximum Gasteiger partial charge on any atom is 0.222 e. The van der Waals surface area contributed by atoms with E-state index in [1.165, 1.54) is 5.56 Å². The highest BCUT2D eigenvalue weighted by atomic mass is 16.5. The molecule has 2 rings (SSSR count). The van der Waals surface area contributed by atoms with Gasteiger partial charge in [0, 0.05) is 19.5 Å². The van der Waals surface area contributed by atoms with E-state index in [0.29, 0.717) is 24.8 Å². The SMILES string of the molecule is COc1ccc(CCCCCC(=O)N2CCC(CN)C2)cc1. The fourth-order valence-electron chi connectivity index (χ4n) is 2.98. The minimum atomic E-state index is 0.306. The standard InChI is InChI=1S/C18H28N2O2/c1-22-17-9-7-15(8-10-17)5-3-2-4-6-18(21)20-12-11-16(13-19)14-20/h7-10,16H,2-6,11-14,19H2,1H3. The number of unbranched alkanes of at least 4 members (excludes halogenated alkanes) is 2. The molecule has 1 aromatic rings. The highest BCUT2D eigenvalue weighted by Gasteiger charge is 2.24. The van der Waals surface area contributed by atoms with Crippen LogP contribution in [0.25, 0.3) is 0 Å². The molecule has 0 aliphatic carbocycles. The fraction of sp³-hybridized carbons (Fsp3) is 0.611. The van der Waals surface area contributed by atoms with Gasteiger partial charge in [-0.1, -0.05) is 18.6 Å². The van der Waals surface area contributed by atoms with E-state index in [-0.39, 0.29) is 0 Å². The van der Waals surface area contributed by atoms with Gasteiger partial charge in [0.15, 0.2) is 0 Å². The molecule has 1 heterocycles. The summed E-state index contributed by atoms with van der Waals surface area (Å²) >= 11 is 0. The molecule has 4 nitrogen and oxygen atoms in total.